The first kappa shape index (κ1) is 11.7. The average molecular weight is 207 g/mol. The zero-order valence-corrected chi connectivity index (χ0v) is 9.16. The summed E-state index contributed by atoms with van der Waals surface area (Å²) >= 11 is 0. The average Bonchev–Trinajstić information content (AvgIpc) is 2.26. The van der Waals surface area contributed by atoms with Crippen LogP contribution in [0.3, 0.4) is 0 Å². The number of nitrogens with zero attached hydrogens (tertiary/aromatic N) is 1. The summed E-state index contributed by atoms with van der Waals surface area (Å²) < 4.78 is 0. The number of pyridine rings is 1. The minimum atomic E-state index is -0.414. The molecule has 0 saturated carbocycles. The Hall–Kier alpha value is -1.42. The Morgan fingerprint density at radius 2 is 2.33 bits per heavy atom. The predicted octanol–water partition coefficient (Wildman–Crippen LogP) is 0.744. The molecule has 0 spiro atoms. The van der Waals surface area contributed by atoms with Gasteiger partial charge in [-0.2, -0.15) is 0 Å². The highest BCUT2D eigenvalue weighted by atomic mass is 16.2. The van der Waals surface area contributed by atoms with Crippen molar-refractivity contribution in [1.29, 1.82) is 0 Å². The Morgan fingerprint density at radius 3 is 2.87 bits per heavy atom. The fraction of sp³-hybridized carbons (Fsp3) is 0.455. The van der Waals surface area contributed by atoms with Crippen LogP contribution in [0, 0.1) is 6.92 Å². The maximum absolute atomic E-state index is 11.4. The summed E-state index contributed by atoms with van der Waals surface area (Å²) in [5, 5.41) is 2.77. The van der Waals surface area contributed by atoms with Gasteiger partial charge in [0.25, 0.3) is 0 Å². The second kappa shape index (κ2) is 5.46. The molecule has 0 bridgehead atoms. The number of carbonyl (C=O) groups excluding carboxylic acids is 1. The summed E-state index contributed by atoms with van der Waals surface area (Å²) in [7, 11) is 0. The molecule has 1 aromatic rings. The van der Waals surface area contributed by atoms with E-state index in [0.717, 1.165) is 11.3 Å². The molecule has 0 fully saturated rings. The molecular formula is C11H17N3O. The van der Waals surface area contributed by atoms with Crippen molar-refractivity contribution in [3.63, 3.8) is 0 Å². The van der Waals surface area contributed by atoms with Gasteiger partial charge in [0.05, 0.1) is 6.04 Å². The van der Waals surface area contributed by atoms with Crippen molar-refractivity contribution in [2.75, 3.05) is 0 Å². The number of aromatic nitrogens is 1. The van der Waals surface area contributed by atoms with Crippen LogP contribution in [0.15, 0.2) is 18.3 Å². The van der Waals surface area contributed by atoms with Crippen molar-refractivity contribution < 1.29 is 4.79 Å². The SMILES string of the molecule is CCC(N)C(=O)NCc1ccc(C)nc1. The van der Waals surface area contributed by atoms with E-state index in [2.05, 4.69) is 10.3 Å². The van der Waals surface area contributed by atoms with Gasteiger partial charge in [-0.25, -0.2) is 0 Å². The lowest BCUT2D eigenvalue weighted by Crippen LogP contribution is -2.39. The van der Waals surface area contributed by atoms with Crippen LogP contribution in [0.5, 0.6) is 0 Å². The molecule has 0 aromatic carbocycles. The second-order valence-corrected chi connectivity index (χ2v) is 3.54. The largest absolute Gasteiger partial charge is 0.351 e. The molecule has 4 nitrogen and oxygen atoms in total. The number of nitrogens with one attached hydrogen (secondary N) is 1. The topological polar surface area (TPSA) is 68.0 Å². The van der Waals surface area contributed by atoms with Crippen LogP contribution in [0.2, 0.25) is 0 Å². The van der Waals surface area contributed by atoms with E-state index >= 15 is 0 Å². The lowest BCUT2D eigenvalue weighted by Gasteiger charge is -2.09. The summed E-state index contributed by atoms with van der Waals surface area (Å²) in [5.74, 6) is -0.113. The van der Waals surface area contributed by atoms with Crippen LogP contribution in [-0.4, -0.2) is 16.9 Å². The van der Waals surface area contributed by atoms with E-state index in [1.165, 1.54) is 0 Å². The van der Waals surface area contributed by atoms with Crippen LogP contribution in [0.25, 0.3) is 0 Å². The summed E-state index contributed by atoms with van der Waals surface area (Å²) in [5.41, 5.74) is 7.53. The third kappa shape index (κ3) is 3.67. The molecule has 3 N–H and O–H groups in total. The molecule has 4 heteroatoms. The summed E-state index contributed by atoms with van der Waals surface area (Å²) in [6, 6.07) is 3.45. The Balaban J connectivity index is 2.43. The van der Waals surface area contributed by atoms with Gasteiger partial charge in [-0.3, -0.25) is 9.78 Å². The van der Waals surface area contributed by atoms with Gasteiger partial charge in [-0.05, 0) is 25.0 Å². The maximum Gasteiger partial charge on any atom is 0.237 e. The zero-order chi connectivity index (χ0) is 11.3. The van der Waals surface area contributed by atoms with Gasteiger partial charge in [0, 0.05) is 18.4 Å². The van der Waals surface area contributed by atoms with Crippen LogP contribution in [-0.2, 0) is 11.3 Å². The molecule has 1 heterocycles. The molecule has 0 radical (unpaired) electrons. The molecule has 15 heavy (non-hydrogen) atoms. The van der Waals surface area contributed by atoms with Crippen molar-refractivity contribution in [2.45, 2.75) is 32.9 Å². The van der Waals surface area contributed by atoms with Crippen molar-refractivity contribution in [2.24, 2.45) is 5.73 Å². The quantitative estimate of drug-likeness (QED) is 0.765. The monoisotopic (exact) mass is 207 g/mol. The van der Waals surface area contributed by atoms with E-state index in [1.54, 1.807) is 6.20 Å². The molecule has 1 unspecified atom stereocenters. The first-order valence-corrected chi connectivity index (χ1v) is 5.08. The van der Waals surface area contributed by atoms with Crippen molar-refractivity contribution in [3.05, 3.63) is 29.6 Å². The van der Waals surface area contributed by atoms with E-state index in [0.29, 0.717) is 13.0 Å². The van der Waals surface area contributed by atoms with Crippen molar-refractivity contribution >= 4 is 5.91 Å². The second-order valence-electron chi connectivity index (χ2n) is 3.54. The van der Waals surface area contributed by atoms with Crippen molar-refractivity contribution in [3.8, 4) is 0 Å². The molecular weight excluding hydrogens is 190 g/mol. The summed E-state index contributed by atoms with van der Waals surface area (Å²) in [6.45, 7) is 4.30. The van der Waals surface area contributed by atoms with Gasteiger partial charge in [-0.1, -0.05) is 13.0 Å². The number of carbonyl (C=O) groups is 1. The van der Waals surface area contributed by atoms with E-state index in [1.807, 2.05) is 26.0 Å². The number of amides is 1. The summed E-state index contributed by atoms with van der Waals surface area (Å²) in [6.07, 6.45) is 2.41. The number of hydrogen-bond acceptors (Lipinski definition) is 3. The van der Waals surface area contributed by atoms with Crippen LogP contribution in [0.1, 0.15) is 24.6 Å². The molecule has 1 aromatic heterocycles. The minimum absolute atomic E-state index is 0.113. The number of hydrogen-bond donors (Lipinski definition) is 2. The third-order valence-corrected chi connectivity index (χ3v) is 2.22. The molecule has 1 amide bonds. The first-order chi connectivity index (χ1) is 7.13. The van der Waals surface area contributed by atoms with E-state index in [-0.39, 0.29) is 5.91 Å². The Morgan fingerprint density at radius 1 is 1.60 bits per heavy atom. The standard InChI is InChI=1S/C11H17N3O/c1-3-10(12)11(15)14-7-9-5-4-8(2)13-6-9/h4-6,10H,3,7,12H2,1-2H3,(H,14,15). The highest BCUT2D eigenvalue weighted by molar-refractivity contribution is 5.81. The fourth-order valence-electron chi connectivity index (χ4n) is 1.11. The number of rotatable bonds is 4. The predicted molar refractivity (Wildman–Crippen MR) is 59.1 cm³/mol. The Labute approximate surface area is 89.9 Å². The molecule has 0 saturated heterocycles. The number of nitrogens with two attached hydrogens (primary N) is 1. The summed E-state index contributed by atoms with van der Waals surface area (Å²) in [4.78, 5) is 15.5. The molecule has 0 aliphatic carbocycles. The zero-order valence-electron chi connectivity index (χ0n) is 9.16. The van der Waals surface area contributed by atoms with Gasteiger partial charge >= 0.3 is 0 Å². The van der Waals surface area contributed by atoms with Gasteiger partial charge in [-0.15, -0.1) is 0 Å². The highest BCUT2D eigenvalue weighted by Gasteiger charge is 2.09. The van der Waals surface area contributed by atoms with Gasteiger partial charge in [0.1, 0.15) is 0 Å². The highest BCUT2D eigenvalue weighted by Crippen LogP contribution is 1.98. The Bertz CT molecular complexity index is 321. The van der Waals surface area contributed by atoms with E-state index in [4.69, 9.17) is 5.73 Å². The van der Waals surface area contributed by atoms with Crippen LogP contribution < -0.4 is 11.1 Å². The smallest absolute Gasteiger partial charge is 0.237 e. The molecule has 0 aliphatic heterocycles. The maximum atomic E-state index is 11.4. The van der Waals surface area contributed by atoms with Crippen LogP contribution in [0.4, 0.5) is 0 Å². The Kier molecular flexibility index (Phi) is 4.24. The molecule has 1 rings (SSSR count). The van der Waals surface area contributed by atoms with E-state index in [9.17, 15) is 4.79 Å². The normalized spacial score (nSPS) is 12.2. The van der Waals surface area contributed by atoms with Crippen molar-refractivity contribution in [1.82, 2.24) is 10.3 Å². The lowest BCUT2D eigenvalue weighted by molar-refractivity contribution is -0.122. The van der Waals surface area contributed by atoms with Gasteiger partial charge in [0.2, 0.25) is 5.91 Å². The molecule has 82 valence electrons. The third-order valence-electron chi connectivity index (χ3n) is 2.22. The molecule has 0 aliphatic rings. The van der Waals surface area contributed by atoms with E-state index < -0.39 is 6.04 Å². The number of aryl methyl sites for hydroxylation is 1. The van der Waals surface area contributed by atoms with Gasteiger partial charge < -0.3 is 11.1 Å². The van der Waals surface area contributed by atoms with Crippen LogP contribution >= 0.6 is 0 Å². The minimum Gasteiger partial charge on any atom is -0.351 e. The fourth-order valence-corrected chi connectivity index (χ4v) is 1.11. The first-order valence-electron chi connectivity index (χ1n) is 5.08. The lowest BCUT2D eigenvalue weighted by atomic mass is 10.2. The molecule has 1 atom stereocenters. The van der Waals surface area contributed by atoms with Gasteiger partial charge in [0.15, 0.2) is 0 Å².